The van der Waals surface area contributed by atoms with Crippen molar-refractivity contribution in [1.82, 2.24) is 0 Å². The van der Waals surface area contributed by atoms with Gasteiger partial charge in [-0.15, -0.1) is 12.6 Å². The van der Waals surface area contributed by atoms with E-state index in [2.05, 4.69) is 12.6 Å². The topological polar surface area (TPSA) is 29.5 Å². The molecular formula is C11H10O2S2. The van der Waals surface area contributed by atoms with Crippen molar-refractivity contribution in [3.8, 4) is 11.5 Å². The lowest BCUT2D eigenvalue weighted by atomic mass is 10.3. The van der Waals surface area contributed by atoms with Gasteiger partial charge in [0.05, 0.1) is 0 Å². The Labute approximate surface area is 97.6 Å². The van der Waals surface area contributed by atoms with Gasteiger partial charge in [-0.3, -0.25) is 0 Å². The molecule has 1 aromatic heterocycles. The van der Waals surface area contributed by atoms with Gasteiger partial charge in [0.2, 0.25) is 0 Å². The fraction of sp³-hybridized carbons (Fsp3) is 0.0909. The van der Waals surface area contributed by atoms with Crippen LogP contribution in [0.15, 0.2) is 39.9 Å². The number of thiophene rings is 1. The van der Waals surface area contributed by atoms with Crippen LogP contribution < -0.4 is 4.74 Å². The molecule has 4 heteroatoms. The predicted octanol–water partition coefficient (Wildman–Crippen LogP) is 3.32. The summed E-state index contributed by atoms with van der Waals surface area (Å²) in [6.45, 7) is 0.523. The lowest BCUT2D eigenvalue weighted by molar-refractivity contribution is 0.304. The number of hydrogen-bond acceptors (Lipinski definition) is 4. The van der Waals surface area contributed by atoms with Crippen molar-refractivity contribution in [3.05, 3.63) is 40.6 Å². The number of aromatic hydroxyl groups is 1. The highest BCUT2D eigenvalue weighted by Gasteiger charge is 2.00. The fourth-order valence-corrected chi connectivity index (χ4v) is 1.93. The second-order valence-corrected chi connectivity index (χ2v) is 4.33. The maximum atomic E-state index is 9.40. The van der Waals surface area contributed by atoms with Crippen LogP contribution in [0, 0.1) is 0 Å². The van der Waals surface area contributed by atoms with E-state index >= 15 is 0 Å². The van der Waals surface area contributed by atoms with Gasteiger partial charge in [0, 0.05) is 11.0 Å². The molecule has 0 atom stereocenters. The van der Waals surface area contributed by atoms with Gasteiger partial charge in [0.1, 0.15) is 18.1 Å². The first-order valence-corrected chi connectivity index (χ1v) is 5.80. The SMILES string of the molecule is Oc1cc(OCc2ccsc2)ccc1S. The Morgan fingerprint density at radius 1 is 1.33 bits per heavy atom. The van der Waals surface area contributed by atoms with Gasteiger partial charge in [-0.2, -0.15) is 11.3 Å². The number of benzene rings is 1. The van der Waals surface area contributed by atoms with Gasteiger partial charge < -0.3 is 9.84 Å². The molecule has 15 heavy (non-hydrogen) atoms. The van der Waals surface area contributed by atoms with E-state index in [1.165, 1.54) is 0 Å². The zero-order valence-corrected chi connectivity index (χ0v) is 9.59. The summed E-state index contributed by atoms with van der Waals surface area (Å²) < 4.78 is 5.50. The van der Waals surface area contributed by atoms with Crippen LogP contribution in [0.4, 0.5) is 0 Å². The Balaban J connectivity index is 2.02. The number of phenolic OH excluding ortho intramolecular Hbond substituents is 1. The molecule has 1 heterocycles. The van der Waals surface area contributed by atoms with Crippen LogP contribution in [-0.2, 0) is 6.61 Å². The highest BCUT2D eigenvalue weighted by atomic mass is 32.1. The average Bonchev–Trinajstić information content (AvgIpc) is 2.73. The van der Waals surface area contributed by atoms with Crippen LogP contribution in [0.1, 0.15) is 5.56 Å². The maximum Gasteiger partial charge on any atom is 0.132 e. The van der Waals surface area contributed by atoms with E-state index in [9.17, 15) is 5.11 Å². The number of thiol groups is 1. The first kappa shape index (κ1) is 10.4. The third-order valence-electron chi connectivity index (χ3n) is 1.93. The first-order chi connectivity index (χ1) is 7.25. The minimum atomic E-state index is 0.140. The van der Waals surface area contributed by atoms with E-state index < -0.39 is 0 Å². The number of hydrogen-bond donors (Lipinski definition) is 2. The van der Waals surface area contributed by atoms with Crippen LogP contribution in [0.3, 0.4) is 0 Å². The van der Waals surface area contributed by atoms with E-state index in [4.69, 9.17) is 4.74 Å². The molecule has 78 valence electrons. The molecule has 0 aliphatic heterocycles. The Morgan fingerprint density at radius 3 is 2.87 bits per heavy atom. The molecule has 0 saturated heterocycles. The fourth-order valence-electron chi connectivity index (χ4n) is 1.13. The molecule has 0 fully saturated rings. The van der Waals surface area contributed by atoms with E-state index in [1.54, 1.807) is 29.5 Å². The van der Waals surface area contributed by atoms with E-state index in [0.717, 1.165) is 5.56 Å². The van der Waals surface area contributed by atoms with Crippen molar-refractivity contribution >= 4 is 24.0 Å². The number of rotatable bonds is 3. The molecule has 2 rings (SSSR count). The van der Waals surface area contributed by atoms with Crippen molar-refractivity contribution in [2.24, 2.45) is 0 Å². The van der Waals surface area contributed by atoms with Gasteiger partial charge >= 0.3 is 0 Å². The normalized spacial score (nSPS) is 10.2. The Kier molecular flexibility index (Phi) is 3.18. The second-order valence-electron chi connectivity index (χ2n) is 3.07. The molecule has 1 N–H and O–H groups in total. The van der Waals surface area contributed by atoms with Gasteiger partial charge in [0.25, 0.3) is 0 Å². The molecule has 0 radical (unpaired) electrons. The molecule has 0 aliphatic rings. The molecule has 0 unspecified atom stereocenters. The Hall–Kier alpha value is -1.13. The minimum absolute atomic E-state index is 0.140. The van der Waals surface area contributed by atoms with Crippen molar-refractivity contribution in [3.63, 3.8) is 0 Å². The summed E-state index contributed by atoms with van der Waals surface area (Å²) in [5.41, 5.74) is 1.13. The largest absolute Gasteiger partial charge is 0.507 e. The second kappa shape index (κ2) is 4.59. The monoisotopic (exact) mass is 238 g/mol. The molecule has 0 saturated carbocycles. The molecule has 0 aliphatic carbocycles. The minimum Gasteiger partial charge on any atom is -0.507 e. The summed E-state index contributed by atoms with van der Waals surface area (Å²) >= 11 is 5.71. The van der Waals surface area contributed by atoms with E-state index in [0.29, 0.717) is 17.3 Å². The third-order valence-corrected chi connectivity index (χ3v) is 3.04. The lowest BCUT2D eigenvalue weighted by Gasteiger charge is -2.05. The lowest BCUT2D eigenvalue weighted by Crippen LogP contribution is -1.93. The highest BCUT2D eigenvalue weighted by Crippen LogP contribution is 2.26. The number of ether oxygens (including phenoxy) is 1. The van der Waals surface area contributed by atoms with Crippen LogP contribution in [0.5, 0.6) is 11.5 Å². The summed E-state index contributed by atoms with van der Waals surface area (Å²) in [7, 11) is 0. The van der Waals surface area contributed by atoms with Crippen LogP contribution in [0.25, 0.3) is 0 Å². The van der Waals surface area contributed by atoms with Gasteiger partial charge in [-0.25, -0.2) is 0 Å². The average molecular weight is 238 g/mol. The van der Waals surface area contributed by atoms with Crippen molar-refractivity contribution < 1.29 is 9.84 Å². The molecule has 0 spiro atoms. The quantitative estimate of drug-likeness (QED) is 0.803. The zero-order valence-electron chi connectivity index (χ0n) is 7.88. The van der Waals surface area contributed by atoms with E-state index in [-0.39, 0.29) is 5.75 Å². The summed E-state index contributed by atoms with van der Waals surface area (Å²) in [6, 6.07) is 7.07. The van der Waals surface area contributed by atoms with Crippen molar-refractivity contribution in [2.45, 2.75) is 11.5 Å². The molecular weight excluding hydrogens is 228 g/mol. The standard InChI is InChI=1S/C11H10O2S2/c12-10-5-9(1-2-11(10)14)13-6-8-3-4-15-7-8/h1-5,7,12,14H,6H2. The molecule has 1 aromatic carbocycles. The summed E-state index contributed by atoms with van der Waals surface area (Å²) in [5, 5.41) is 13.4. The molecule has 0 bridgehead atoms. The van der Waals surface area contributed by atoms with Crippen molar-refractivity contribution in [2.75, 3.05) is 0 Å². The zero-order chi connectivity index (χ0) is 10.7. The molecule has 2 nitrogen and oxygen atoms in total. The van der Waals surface area contributed by atoms with Gasteiger partial charge in [-0.05, 0) is 34.5 Å². The van der Waals surface area contributed by atoms with Gasteiger partial charge in [-0.1, -0.05) is 0 Å². The third kappa shape index (κ3) is 2.67. The van der Waals surface area contributed by atoms with Crippen LogP contribution in [0.2, 0.25) is 0 Å². The Bertz CT molecular complexity index is 438. The summed E-state index contributed by atoms with van der Waals surface area (Å²) in [6.07, 6.45) is 0. The smallest absolute Gasteiger partial charge is 0.132 e. The van der Waals surface area contributed by atoms with Crippen LogP contribution in [-0.4, -0.2) is 5.11 Å². The van der Waals surface area contributed by atoms with E-state index in [1.807, 2.05) is 16.8 Å². The maximum absolute atomic E-state index is 9.40. The summed E-state index contributed by atoms with van der Waals surface area (Å²) in [5.74, 6) is 0.789. The van der Waals surface area contributed by atoms with Gasteiger partial charge in [0.15, 0.2) is 0 Å². The Morgan fingerprint density at radius 2 is 2.20 bits per heavy atom. The van der Waals surface area contributed by atoms with Crippen molar-refractivity contribution in [1.29, 1.82) is 0 Å². The molecule has 0 amide bonds. The molecule has 2 aromatic rings. The summed E-state index contributed by atoms with van der Waals surface area (Å²) in [4.78, 5) is 0.554. The predicted molar refractivity (Wildman–Crippen MR) is 64.0 cm³/mol. The first-order valence-electron chi connectivity index (χ1n) is 4.41. The highest BCUT2D eigenvalue weighted by molar-refractivity contribution is 7.80. The van der Waals surface area contributed by atoms with Crippen LogP contribution >= 0.6 is 24.0 Å². The number of phenols is 1.